The number of piperazine rings is 1. The first-order valence-electron chi connectivity index (χ1n) is 9.39. The van der Waals surface area contributed by atoms with Crippen LogP contribution in [-0.2, 0) is 25.8 Å². The summed E-state index contributed by atoms with van der Waals surface area (Å²) < 4.78 is 31.7. The van der Waals surface area contributed by atoms with Crippen molar-refractivity contribution in [3.63, 3.8) is 0 Å². The third-order valence-electron chi connectivity index (χ3n) is 4.72. The number of carboxylic acids is 1. The van der Waals surface area contributed by atoms with E-state index in [9.17, 15) is 22.8 Å². The highest BCUT2D eigenvalue weighted by molar-refractivity contribution is 5.88. The third kappa shape index (κ3) is 6.70. The van der Waals surface area contributed by atoms with Gasteiger partial charge in [-0.3, -0.25) is 19.3 Å². The predicted octanol–water partition coefficient (Wildman–Crippen LogP) is 1.48. The molecular formula is C19H24F3N3O5. The molecule has 0 spiro atoms. The largest absolute Gasteiger partial charge is 0.490 e. The van der Waals surface area contributed by atoms with Gasteiger partial charge in [-0.1, -0.05) is 24.3 Å². The van der Waals surface area contributed by atoms with E-state index in [0.29, 0.717) is 26.2 Å². The lowest BCUT2D eigenvalue weighted by Crippen LogP contribution is -2.56. The number of aryl methyl sites for hydroxylation is 1. The second-order valence-corrected chi connectivity index (χ2v) is 6.89. The molecule has 3 rings (SSSR count). The number of carboxylic acid groups (broad SMARTS) is 1. The van der Waals surface area contributed by atoms with Crippen LogP contribution in [0.25, 0.3) is 0 Å². The first-order chi connectivity index (χ1) is 14.1. The van der Waals surface area contributed by atoms with Gasteiger partial charge in [-0.2, -0.15) is 13.2 Å². The van der Waals surface area contributed by atoms with Crippen molar-refractivity contribution in [1.29, 1.82) is 0 Å². The number of nitrogens with zero attached hydrogens (tertiary/aromatic N) is 2. The van der Waals surface area contributed by atoms with Gasteiger partial charge in [0.1, 0.15) is 0 Å². The number of nitrogens with one attached hydrogen (secondary N) is 1. The highest BCUT2D eigenvalue weighted by Crippen LogP contribution is 2.18. The molecule has 0 aliphatic carbocycles. The molecule has 2 saturated heterocycles. The van der Waals surface area contributed by atoms with Gasteiger partial charge in [0.2, 0.25) is 11.8 Å². The summed E-state index contributed by atoms with van der Waals surface area (Å²) in [7, 11) is 0. The quantitative estimate of drug-likeness (QED) is 0.750. The Balaban J connectivity index is 0.000000396. The SMILES string of the molecule is Cc1ccccc1CN1CCNC(=O)C1CC(=O)N1CCCO1.O=C(O)C(F)(F)F. The van der Waals surface area contributed by atoms with E-state index in [0.717, 1.165) is 13.0 Å². The molecule has 0 saturated carbocycles. The monoisotopic (exact) mass is 431 g/mol. The molecule has 2 aliphatic rings. The lowest BCUT2D eigenvalue weighted by atomic mass is 10.0. The maximum absolute atomic E-state index is 12.3. The first kappa shape index (κ1) is 23.6. The summed E-state index contributed by atoms with van der Waals surface area (Å²) in [6, 6.07) is 7.72. The fourth-order valence-corrected chi connectivity index (χ4v) is 3.09. The number of hydroxylamine groups is 2. The van der Waals surface area contributed by atoms with E-state index in [4.69, 9.17) is 14.7 Å². The number of amides is 2. The first-order valence-corrected chi connectivity index (χ1v) is 9.39. The molecular weight excluding hydrogens is 407 g/mol. The average molecular weight is 431 g/mol. The van der Waals surface area contributed by atoms with Crippen molar-refractivity contribution in [2.24, 2.45) is 0 Å². The number of aliphatic carboxylic acids is 1. The van der Waals surface area contributed by atoms with E-state index >= 15 is 0 Å². The second-order valence-electron chi connectivity index (χ2n) is 6.89. The number of rotatable bonds is 4. The van der Waals surface area contributed by atoms with Crippen molar-refractivity contribution in [2.45, 2.75) is 38.5 Å². The maximum Gasteiger partial charge on any atom is 0.490 e. The predicted molar refractivity (Wildman–Crippen MR) is 99.0 cm³/mol. The Bertz CT molecular complexity index is 766. The number of hydrogen-bond acceptors (Lipinski definition) is 5. The molecule has 30 heavy (non-hydrogen) atoms. The summed E-state index contributed by atoms with van der Waals surface area (Å²) in [5, 5.41) is 11.4. The van der Waals surface area contributed by atoms with Crippen LogP contribution in [0.15, 0.2) is 24.3 Å². The van der Waals surface area contributed by atoms with Crippen molar-refractivity contribution >= 4 is 17.8 Å². The number of carbonyl (C=O) groups is 3. The zero-order valence-corrected chi connectivity index (χ0v) is 16.4. The Kier molecular flexibility index (Phi) is 8.18. The van der Waals surface area contributed by atoms with E-state index in [1.807, 2.05) is 12.1 Å². The Morgan fingerprint density at radius 1 is 1.27 bits per heavy atom. The lowest BCUT2D eigenvalue weighted by molar-refractivity contribution is -0.192. The van der Waals surface area contributed by atoms with Crippen LogP contribution in [-0.4, -0.2) is 71.3 Å². The van der Waals surface area contributed by atoms with Crippen LogP contribution < -0.4 is 5.32 Å². The molecule has 8 nitrogen and oxygen atoms in total. The molecule has 1 atom stereocenters. The summed E-state index contributed by atoms with van der Waals surface area (Å²) in [5.41, 5.74) is 2.39. The zero-order valence-electron chi connectivity index (χ0n) is 16.4. The maximum atomic E-state index is 12.3. The molecule has 0 bridgehead atoms. The van der Waals surface area contributed by atoms with Gasteiger partial charge in [-0.05, 0) is 24.5 Å². The summed E-state index contributed by atoms with van der Waals surface area (Å²) >= 11 is 0. The Labute approximate surface area is 171 Å². The highest BCUT2D eigenvalue weighted by Gasteiger charge is 2.38. The number of alkyl halides is 3. The standard InChI is InChI=1S/C17H23N3O3.C2HF3O2/c1-13-5-2-3-6-14(13)12-19-9-7-18-17(22)15(19)11-16(21)20-8-4-10-23-20;3-2(4,5)1(6)7/h2-3,5-6,15H,4,7-12H2,1H3,(H,18,22);(H,6,7). The molecule has 2 N–H and O–H groups in total. The molecule has 11 heteroatoms. The number of carbonyl (C=O) groups excluding carboxylic acids is 2. The van der Waals surface area contributed by atoms with E-state index in [1.54, 1.807) is 0 Å². The van der Waals surface area contributed by atoms with Crippen LogP contribution in [0.5, 0.6) is 0 Å². The van der Waals surface area contributed by atoms with Gasteiger partial charge in [-0.25, -0.2) is 9.86 Å². The lowest BCUT2D eigenvalue weighted by Gasteiger charge is -2.35. The minimum Gasteiger partial charge on any atom is -0.475 e. The summed E-state index contributed by atoms with van der Waals surface area (Å²) in [4.78, 5) is 40.9. The van der Waals surface area contributed by atoms with Crippen molar-refractivity contribution in [3.8, 4) is 0 Å². The Morgan fingerprint density at radius 2 is 1.93 bits per heavy atom. The van der Waals surface area contributed by atoms with E-state index < -0.39 is 18.2 Å². The van der Waals surface area contributed by atoms with Crippen LogP contribution >= 0.6 is 0 Å². The van der Waals surface area contributed by atoms with E-state index in [2.05, 4.69) is 29.3 Å². The highest BCUT2D eigenvalue weighted by atomic mass is 19.4. The molecule has 2 fully saturated rings. The van der Waals surface area contributed by atoms with Crippen molar-refractivity contribution < 1.29 is 37.5 Å². The second kappa shape index (κ2) is 10.4. The van der Waals surface area contributed by atoms with Crippen molar-refractivity contribution in [1.82, 2.24) is 15.3 Å². The van der Waals surface area contributed by atoms with E-state index in [-0.39, 0.29) is 18.2 Å². The van der Waals surface area contributed by atoms with Crippen LogP contribution in [0, 0.1) is 6.92 Å². The summed E-state index contributed by atoms with van der Waals surface area (Å²) in [5.74, 6) is -2.94. The van der Waals surface area contributed by atoms with Crippen LogP contribution in [0.3, 0.4) is 0 Å². The van der Waals surface area contributed by atoms with Gasteiger partial charge in [0.25, 0.3) is 0 Å². The summed E-state index contributed by atoms with van der Waals surface area (Å²) in [6.45, 7) is 5.31. The molecule has 166 valence electrons. The molecule has 1 aromatic rings. The molecule has 1 aromatic carbocycles. The fraction of sp³-hybridized carbons (Fsp3) is 0.526. The van der Waals surface area contributed by atoms with E-state index in [1.165, 1.54) is 16.2 Å². The van der Waals surface area contributed by atoms with Gasteiger partial charge >= 0.3 is 12.1 Å². The average Bonchev–Trinajstić information content (AvgIpc) is 3.21. The minimum atomic E-state index is -5.08. The van der Waals surface area contributed by atoms with Gasteiger partial charge < -0.3 is 10.4 Å². The van der Waals surface area contributed by atoms with Crippen LogP contribution in [0.4, 0.5) is 13.2 Å². The number of benzene rings is 1. The van der Waals surface area contributed by atoms with Crippen LogP contribution in [0.1, 0.15) is 24.0 Å². The van der Waals surface area contributed by atoms with Crippen LogP contribution in [0.2, 0.25) is 0 Å². The topological polar surface area (TPSA) is 99.2 Å². The normalized spacial score (nSPS) is 19.7. The number of hydrogen-bond donors (Lipinski definition) is 2. The molecule has 0 aromatic heterocycles. The minimum absolute atomic E-state index is 0.0719. The summed E-state index contributed by atoms with van der Waals surface area (Å²) in [6.07, 6.45) is -4.06. The Hall–Kier alpha value is -2.66. The molecule has 1 unspecified atom stereocenters. The molecule has 2 aliphatic heterocycles. The van der Waals surface area contributed by atoms with Gasteiger partial charge in [0, 0.05) is 19.6 Å². The van der Waals surface area contributed by atoms with Crippen molar-refractivity contribution in [2.75, 3.05) is 26.2 Å². The molecule has 2 heterocycles. The fourth-order valence-electron chi connectivity index (χ4n) is 3.09. The molecule has 0 radical (unpaired) electrons. The van der Waals surface area contributed by atoms with Gasteiger partial charge in [-0.15, -0.1) is 0 Å². The Morgan fingerprint density at radius 3 is 2.50 bits per heavy atom. The van der Waals surface area contributed by atoms with Gasteiger partial charge in [0.15, 0.2) is 0 Å². The van der Waals surface area contributed by atoms with Crippen molar-refractivity contribution in [3.05, 3.63) is 35.4 Å². The number of halogens is 3. The zero-order chi connectivity index (χ0) is 22.3. The molecule has 2 amide bonds. The van der Waals surface area contributed by atoms with Gasteiger partial charge in [0.05, 0.1) is 25.6 Å². The smallest absolute Gasteiger partial charge is 0.475 e. The third-order valence-corrected chi connectivity index (χ3v) is 4.72.